The molecule has 1 aliphatic heterocycles. The molecule has 0 bridgehead atoms. The molecular formula is C4H7NO3. The van der Waals surface area contributed by atoms with Crippen LogP contribution in [0.1, 0.15) is 12.8 Å². The lowest BCUT2D eigenvalue weighted by Gasteiger charge is -2.15. The maximum Gasteiger partial charge on any atom is 0.210 e. The molecule has 1 rings (SSSR count). The van der Waals surface area contributed by atoms with Crippen LogP contribution in [0.5, 0.6) is 0 Å². The Bertz CT molecular complexity index is 112. The molecule has 0 aliphatic carbocycles. The lowest BCUT2D eigenvalue weighted by Crippen LogP contribution is -2.23. The van der Waals surface area contributed by atoms with Gasteiger partial charge in [0.25, 0.3) is 0 Å². The van der Waals surface area contributed by atoms with Crippen molar-refractivity contribution in [1.29, 1.82) is 0 Å². The van der Waals surface area contributed by atoms with E-state index in [1.54, 1.807) is 0 Å². The number of aliphatic hydroxyl groups excluding tert-OH is 1. The van der Waals surface area contributed by atoms with Gasteiger partial charge in [-0.05, 0) is 6.42 Å². The molecule has 0 aromatic heterocycles. The van der Waals surface area contributed by atoms with Crippen molar-refractivity contribution in [3.8, 4) is 0 Å². The van der Waals surface area contributed by atoms with E-state index >= 15 is 0 Å². The molecule has 0 saturated carbocycles. The van der Waals surface area contributed by atoms with Gasteiger partial charge in [0.2, 0.25) is 6.21 Å². The molecule has 0 amide bonds. The van der Waals surface area contributed by atoms with Crippen molar-refractivity contribution in [2.24, 2.45) is 0 Å². The zero-order valence-electron chi connectivity index (χ0n) is 4.28. The smallest absolute Gasteiger partial charge is 0.210 e. The van der Waals surface area contributed by atoms with Crippen LogP contribution in [0, 0.1) is 5.21 Å². The second-order valence-corrected chi connectivity index (χ2v) is 1.61. The van der Waals surface area contributed by atoms with Crippen molar-refractivity contribution < 1.29 is 14.8 Å². The number of aliphatic hydroxyl groups is 1. The van der Waals surface area contributed by atoms with Gasteiger partial charge in [-0.15, -0.1) is 0 Å². The molecule has 4 heteroatoms. The highest BCUT2D eigenvalue weighted by molar-refractivity contribution is 5.51. The molecule has 4 nitrogen and oxygen atoms in total. The Kier molecular flexibility index (Phi) is 1.34. The minimum absolute atomic E-state index is 0.286. The minimum atomic E-state index is -0.905. The summed E-state index contributed by atoms with van der Waals surface area (Å²) in [5.74, 6) is 0. The average molecular weight is 117 g/mol. The van der Waals surface area contributed by atoms with Crippen LogP contribution >= 0.6 is 0 Å². The maximum atomic E-state index is 10.2. The summed E-state index contributed by atoms with van der Waals surface area (Å²) in [6.07, 6.45) is 1.54. The van der Waals surface area contributed by atoms with Crippen molar-refractivity contribution in [2.75, 3.05) is 0 Å². The fourth-order valence-electron chi connectivity index (χ4n) is 0.538. The lowest BCUT2D eigenvalue weighted by atomic mass is 10.3. The van der Waals surface area contributed by atoms with Crippen LogP contribution < -0.4 is 0 Å². The first-order chi connectivity index (χ1) is 3.79. The largest absolute Gasteiger partial charge is 0.376 e. The molecule has 0 aromatic rings. The van der Waals surface area contributed by atoms with Gasteiger partial charge in [0, 0.05) is 11.3 Å². The Morgan fingerprint density at radius 2 is 2.62 bits per heavy atom. The quantitative estimate of drug-likeness (QED) is 0.439. The molecule has 0 fully saturated rings. The molecule has 0 aromatic carbocycles. The number of rotatable bonds is 0. The van der Waals surface area contributed by atoms with Gasteiger partial charge in [0.15, 0.2) is 6.29 Å². The minimum Gasteiger partial charge on any atom is -0.376 e. The second-order valence-electron chi connectivity index (χ2n) is 1.61. The van der Waals surface area contributed by atoms with Crippen molar-refractivity contribution in [3.05, 3.63) is 5.21 Å². The Labute approximate surface area is 46.5 Å². The summed E-state index contributed by atoms with van der Waals surface area (Å²) in [5.41, 5.74) is 0. The molecule has 1 heterocycles. The molecule has 46 valence electrons. The number of nitrogens with zero attached hydrogens (tertiary/aromatic N) is 1. The fraction of sp³-hybridized carbons (Fsp3) is 0.750. The molecule has 1 N–H and O–H groups in total. The van der Waals surface area contributed by atoms with E-state index in [9.17, 15) is 5.21 Å². The summed E-state index contributed by atoms with van der Waals surface area (Å²) in [7, 11) is 0. The van der Waals surface area contributed by atoms with Crippen LogP contribution in [0.2, 0.25) is 0 Å². The van der Waals surface area contributed by atoms with E-state index in [-0.39, 0.29) is 4.90 Å². The highest BCUT2D eigenvalue weighted by atomic mass is 16.9. The van der Waals surface area contributed by atoms with E-state index in [1.807, 2.05) is 0 Å². The van der Waals surface area contributed by atoms with Gasteiger partial charge in [-0.1, -0.05) is 0 Å². The lowest BCUT2D eigenvalue weighted by molar-refractivity contribution is -0.767. The van der Waals surface area contributed by atoms with Gasteiger partial charge in [-0.25, -0.2) is 0 Å². The Balaban J connectivity index is 2.45. The van der Waals surface area contributed by atoms with Crippen molar-refractivity contribution in [1.82, 2.24) is 0 Å². The maximum absolute atomic E-state index is 10.2. The van der Waals surface area contributed by atoms with Gasteiger partial charge in [-0.3, -0.25) is 5.21 Å². The number of hydrogen-bond donors (Lipinski definition) is 1. The van der Waals surface area contributed by atoms with Gasteiger partial charge in [0.1, 0.15) is 0 Å². The first-order valence-corrected chi connectivity index (χ1v) is 2.43. The zero-order valence-corrected chi connectivity index (χ0v) is 4.28. The summed E-state index contributed by atoms with van der Waals surface area (Å²) >= 11 is 0. The Morgan fingerprint density at radius 3 is 3.00 bits per heavy atom. The second kappa shape index (κ2) is 2.00. The Hall–Kier alpha value is -0.770. The average Bonchev–Trinajstić information content (AvgIpc) is 1.64. The third kappa shape index (κ3) is 1.10. The van der Waals surface area contributed by atoms with Crippen LogP contribution in [-0.2, 0) is 4.84 Å². The van der Waals surface area contributed by atoms with E-state index in [2.05, 4.69) is 4.84 Å². The summed E-state index contributed by atoms with van der Waals surface area (Å²) in [4.78, 5) is 4.55. The van der Waals surface area contributed by atoms with Crippen molar-refractivity contribution in [3.63, 3.8) is 0 Å². The molecule has 0 saturated heterocycles. The van der Waals surface area contributed by atoms with Gasteiger partial charge in [-0.2, -0.15) is 0 Å². The van der Waals surface area contributed by atoms with Gasteiger partial charge >= 0.3 is 0 Å². The monoisotopic (exact) mass is 117 g/mol. The van der Waals surface area contributed by atoms with Crippen LogP contribution in [-0.4, -0.2) is 22.5 Å². The molecule has 8 heavy (non-hydrogen) atoms. The molecule has 0 spiro atoms. The van der Waals surface area contributed by atoms with E-state index < -0.39 is 6.29 Å². The topological polar surface area (TPSA) is 55.5 Å². The third-order valence-corrected chi connectivity index (χ3v) is 0.917. The summed E-state index contributed by atoms with van der Waals surface area (Å²) in [5, 5.41) is 18.7. The summed E-state index contributed by atoms with van der Waals surface area (Å²) < 4.78 is 0. The fourth-order valence-corrected chi connectivity index (χ4v) is 0.538. The van der Waals surface area contributed by atoms with Crippen LogP contribution in [0.4, 0.5) is 0 Å². The highest BCUT2D eigenvalue weighted by Gasteiger charge is 2.09. The molecule has 1 aliphatic rings. The highest BCUT2D eigenvalue weighted by Crippen LogP contribution is 2.01. The van der Waals surface area contributed by atoms with Crippen LogP contribution in [0.3, 0.4) is 0 Å². The standard InChI is InChI=1S/C4H7NO3/c6-4-2-1-3-5(7)8-4/h3-4,6H,1-2H2. The van der Waals surface area contributed by atoms with E-state index in [1.165, 1.54) is 6.21 Å². The first kappa shape index (κ1) is 5.37. The van der Waals surface area contributed by atoms with E-state index in [4.69, 9.17) is 5.11 Å². The zero-order chi connectivity index (χ0) is 5.98. The predicted molar refractivity (Wildman–Crippen MR) is 26.0 cm³/mol. The SMILES string of the molecule is [O-][N+]1=CCCC(O)O1. The van der Waals surface area contributed by atoms with Crippen molar-refractivity contribution in [2.45, 2.75) is 19.1 Å². The summed E-state index contributed by atoms with van der Waals surface area (Å²) in [6.45, 7) is 0. The molecule has 1 atom stereocenters. The molecule has 0 radical (unpaired) electrons. The Morgan fingerprint density at radius 1 is 1.88 bits per heavy atom. The van der Waals surface area contributed by atoms with Crippen molar-refractivity contribution >= 4 is 6.21 Å². The predicted octanol–water partition coefficient (Wildman–Crippen LogP) is -0.389. The van der Waals surface area contributed by atoms with Gasteiger partial charge in [0.05, 0.1) is 0 Å². The number of hydrogen-bond acceptors (Lipinski definition) is 3. The van der Waals surface area contributed by atoms with Gasteiger partial charge < -0.3 is 9.94 Å². The molecular weight excluding hydrogens is 110 g/mol. The van der Waals surface area contributed by atoms with Crippen LogP contribution in [0.25, 0.3) is 0 Å². The third-order valence-electron chi connectivity index (χ3n) is 0.917. The summed E-state index contributed by atoms with van der Waals surface area (Å²) in [6, 6.07) is 0. The first-order valence-electron chi connectivity index (χ1n) is 2.43. The molecule has 1 unspecified atom stereocenters. The normalized spacial score (nSPS) is 28.6. The van der Waals surface area contributed by atoms with Crippen LogP contribution in [0.15, 0.2) is 0 Å². The van der Waals surface area contributed by atoms with E-state index in [0.29, 0.717) is 12.8 Å². The van der Waals surface area contributed by atoms with E-state index in [0.717, 1.165) is 0 Å².